The summed E-state index contributed by atoms with van der Waals surface area (Å²) in [6.45, 7) is 1.08. The smallest absolute Gasteiger partial charge is 0.180 e. The van der Waals surface area contributed by atoms with Crippen molar-refractivity contribution < 1.29 is 4.39 Å². The van der Waals surface area contributed by atoms with Crippen molar-refractivity contribution in [1.29, 1.82) is 5.26 Å². The van der Waals surface area contributed by atoms with Gasteiger partial charge in [0.25, 0.3) is 0 Å². The minimum Gasteiger partial charge on any atom is -0.300 e. The Bertz CT molecular complexity index is 628. The molecule has 0 aliphatic carbocycles. The van der Waals surface area contributed by atoms with E-state index in [-0.39, 0.29) is 5.82 Å². The molecule has 3 nitrogen and oxygen atoms in total. The Balaban J connectivity index is 2.08. The number of hydrogen-bond donors (Lipinski definition) is 0. The first-order valence-corrected chi connectivity index (χ1v) is 5.57. The Morgan fingerprint density at radius 3 is 2.78 bits per heavy atom. The summed E-state index contributed by atoms with van der Waals surface area (Å²) in [6.07, 6.45) is 4.96. The molecule has 3 rings (SSSR count). The van der Waals surface area contributed by atoms with Crippen LogP contribution in [-0.4, -0.2) is 9.88 Å². The van der Waals surface area contributed by atoms with Gasteiger partial charge in [-0.1, -0.05) is 12.1 Å². The van der Waals surface area contributed by atoms with Crippen LogP contribution in [0.25, 0.3) is 11.1 Å². The lowest BCUT2D eigenvalue weighted by Crippen LogP contribution is -2.07. The highest BCUT2D eigenvalue weighted by Crippen LogP contribution is 2.30. The lowest BCUT2D eigenvalue weighted by Gasteiger charge is -2.07. The van der Waals surface area contributed by atoms with Gasteiger partial charge in [-0.05, 0) is 29.3 Å². The molecule has 2 aromatic rings. The third-order valence-corrected chi connectivity index (χ3v) is 3.07. The number of fused-ring (bicyclic) bond motifs is 1. The summed E-state index contributed by atoms with van der Waals surface area (Å²) in [5.41, 5.74) is 3.80. The summed E-state index contributed by atoms with van der Waals surface area (Å²) in [4.78, 5) is 5.81. The molecule has 18 heavy (non-hydrogen) atoms. The van der Waals surface area contributed by atoms with Crippen LogP contribution in [0.1, 0.15) is 11.3 Å². The van der Waals surface area contributed by atoms with Crippen molar-refractivity contribution in [3.05, 3.63) is 53.6 Å². The van der Waals surface area contributed by atoms with E-state index in [2.05, 4.69) is 17.4 Å². The van der Waals surface area contributed by atoms with E-state index in [0.29, 0.717) is 13.1 Å². The quantitative estimate of drug-likeness (QED) is 0.716. The predicted molar refractivity (Wildman–Crippen MR) is 63.3 cm³/mol. The van der Waals surface area contributed by atoms with Crippen molar-refractivity contribution >= 4 is 0 Å². The van der Waals surface area contributed by atoms with Crippen LogP contribution in [0, 0.1) is 23.5 Å². The summed E-state index contributed by atoms with van der Waals surface area (Å²) in [5, 5.41) is 8.92. The summed E-state index contributed by atoms with van der Waals surface area (Å²) in [7, 11) is 0. The first kappa shape index (κ1) is 10.7. The molecule has 1 aromatic heterocycles. The zero-order chi connectivity index (χ0) is 12.5. The van der Waals surface area contributed by atoms with Gasteiger partial charge in [0.05, 0.1) is 25.0 Å². The van der Waals surface area contributed by atoms with Gasteiger partial charge in [0, 0.05) is 5.56 Å². The minimum atomic E-state index is -0.257. The number of aromatic nitrogens is 1. The zero-order valence-electron chi connectivity index (χ0n) is 9.52. The molecule has 0 N–H and O–H groups in total. The number of halogens is 1. The monoisotopic (exact) mass is 238 g/mol. The normalized spacial score (nSPS) is 13.2. The van der Waals surface area contributed by atoms with Crippen molar-refractivity contribution in [2.45, 2.75) is 13.1 Å². The van der Waals surface area contributed by atoms with E-state index in [9.17, 15) is 4.39 Å². The molecular weight excluding hydrogens is 229 g/mol. The Kier molecular flexibility index (Phi) is 2.45. The predicted octanol–water partition coefficient (Wildman–Crippen LogP) is 2.48. The number of nitrogens with zero attached hydrogens (tertiary/aromatic N) is 3. The summed E-state index contributed by atoms with van der Waals surface area (Å²) >= 11 is 0. The van der Waals surface area contributed by atoms with Gasteiger partial charge in [0.1, 0.15) is 5.82 Å². The minimum absolute atomic E-state index is 0.257. The number of pyridine rings is 1. The molecule has 0 atom stereocenters. The number of rotatable bonds is 1. The van der Waals surface area contributed by atoms with Gasteiger partial charge in [0.15, 0.2) is 6.19 Å². The SMILES string of the molecule is N#CN1Cc2n[c]cc(-c3ccc(F)cc3)c2C1. The second kappa shape index (κ2) is 4.11. The van der Waals surface area contributed by atoms with E-state index >= 15 is 0 Å². The largest absolute Gasteiger partial charge is 0.300 e. The lowest BCUT2D eigenvalue weighted by molar-refractivity contribution is 0.415. The highest BCUT2D eigenvalue weighted by molar-refractivity contribution is 5.68. The van der Waals surface area contributed by atoms with Crippen LogP contribution in [0.2, 0.25) is 0 Å². The molecule has 0 unspecified atom stereocenters. The molecule has 2 heterocycles. The first-order chi connectivity index (χ1) is 8.78. The van der Waals surface area contributed by atoms with Crippen molar-refractivity contribution in [3.63, 3.8) is 0 Å². The van der Waals surface area contributed by atoms with Crippen LogP contribution in [0.15, 0.2) is 30.3 Å². The van der Waals surface area contributed by atoms with E-state index in [4.69, 9.17) is 5.26 Å². The van der Waals surface area contributed by atoms with Crippen LogP contribution < -0.4 is 0 Å². The Morgan fingerprint density at radius 2 is 2.06 bits per heavy atom. The number of hydrogen-bond acceptors (Lipinski definition) is 3. The summed E-state index contributed by atoms with van der Waals surface area (Å²) < 4.78 is 12.9. The fraction of sp³-hybridized carbons (Fsp3) is 0.143. The lowest BCUT2D eigenvalue weighted by atomic mass is 10.0. The molecule has 0 fully saturated rings. The Hall–Kier alpha value is -2.41. The summed E-state index contributed by atoms with van der Waals surface area (Å²) in [5.74, 6) is -0.257. The van der Waals surface area contributed by atoms with Gasteiger partial charge in [0.2, 0.25) is 0 Å². The molecule has 1 aliphatic heterocycles. The van der Waals surface area contributed by atoms with Crippen LogP contribution in [-0.2, 0) is 13.1 Å². The highest BCUT2D eigenvalue weighted by atomic mass is 19.1. The van der Waals surface area contributed by atoms with Crippen LogP contribution >= 0.6 is 0 Å². The van der Waals surface area contributed by atoms with Crippen molar-refractivity contribution in [3.8, 4) is 17.3 Å². The Labute approximate surface area is 104 Å². The molecule has 0 saturated heterocycles. The molecule has 0 saturated carbocycles. The van der Waals surface area contributed by atoms with E-state index in [1.165, 1.54) is 12.1 Å². The van der Waals surface area contributed by atoms with E-state index in [1.54, 1.807) is 23.1 Å². The van der Waals surface area contributed by atoms with E-state index in [1.807, 2.05) is 0 Å². The second-order valence-electron chi connectivity index (χ2n) is 4.19. The first-order valence-electron chi connectivity index (χ1n) is 5.57. The third-order valence-electron chi connectivity index (χ3n) is 3.07. The molecule has 1 radical (unpaired) electrons. The van der Waals surface area contributed by atoms with Crippen LogP contribution in [0.5, 0.6) is 0 Å². The topological polar surface area (TPSA) is 39.9 Å². The van der Waals surface area contributed by atoms with Crippen molar-refractivity contribution in [2.24, 2.45) is 0 Å². The maximum absolute atomic E-state index is 12.9. The molecule has 1 aromatic carbocycles. The fourth-order valence-corrected chi connectivity index (χ4v) is 2.18. The molecule has 0 spiro atoms. The average Bonchev–Trinajstić information content (AvgIpc) is 2.82. The van der Waals surface area contributed by atoms with Crippen molar-refractivity contribution in [2.75, 3.05) is 0 Å². The highest BCUT2D eigenvalue weighted by Gasteiger charge is 2.22. The van der Waals surface area contributed by atoms with Gasteiger partial charge in [-0.2, -0.15) is 5.26 Å². The molecule has 1 aliphatic rings. The van der Waals surface area contributed by atoms with Crippen molar-refractivity contribution in [1.82, 2.24) is 9.88 Å². The number of nitriles is 1. The molecule has 4 heteroatoms. The van der Waals surface area contributed by atoms with Crippen LogP contribution in [0.3, 0.4) is 0 Å². The second-order valence-corrected chi connectivity index (χ2v) is 4.19. The maximum Gasteiger partial charge on any atom is 0.180 e. The van der Waals surface area contributed by atoms with Gasteiger partial charge < -0.3 is 4.90 Å². The van der Waals surface area contributed by atoms with Gasteiger partial charge >= 0.3 is 0 Å². The third kappa shape index (κ3) is 1.70. The molecule has 0 amide bonds. The Morgan fingerprint density at radius 1 is 1.28 bits per heavy atom. The van der Waals surface area contributed by atoms with Gasteiger partial charge in [-0.3, -0.25) is 0 Å². The maximum atomic E-state index is 12.9. The van der Waals surface area contributed by atoms with Gasteiger partial charge in [-0.15, -0.1) is 0 Å². The van der Waals surface area contributed by atoms with E-state index < -0.39 is 0 Å². The molecule has 87 valence electrons. The molecular formula is C14H9FN3. The molecule has 0 bridgehead atoms. The summed E-state index contributed by atoms with van der Waals surface area (Å²) in [6, 6.07) is 8.10. The van der Waals surface area contributed by atoms with Gasteiger partial charge in [-0.25, -0.2) is 9.37 Å². The number of benzene rings is 1. The average molecular weight is 238 g/mol. The fourth-order valence-electron chi connectivity index (χ4n) is 2.18. The zero-order valence-corrected chi connectivity index (χ0v) is 9.52. The van der Waals surface area contributed by atoms with Crippen LogP contribution in [0.4, 0.5) is 4.39 Å². The van der Waals surface area contributed by atoms with E-state index in [0.717, 1.165) is 22.4 Å². The standard InChI is InChI=1S/C14H9FN3/c15-11-3-1-10(2-4-11)12-5-6-17-14-8-18(9-16)7-13(12)14/h1-5H,7-8H2.